The van der Waals surface area contributed by atoms with E-state index in [0.29, 0.717) is 6.10 Å². The zero-order valence-electron chi connectivity index (χ0n) is 17.1. The lowest BCUT2D eigenvalue weighted by Crippen LogP contribution is -2.18. The minimum Gasteiger partial charge on any atom is -0.379 e. The fourth-order valence-corrected chi connectivity index (χ4v) is 3.20. The second-order valence-corrected chi connectivity index (χ2v) is 7.32. The molecule has 0 saturated heterocycles. The number of ether oxygens (including phenoxy) is 2. The molecule has 0 amide bonds. The van der Waals surface area contributed by atoms with Gasteiger partial charge in [0.25, 0.3) is 0 Å². The van der Waals surface area contributed by atoms with Gasteiger partial charge in [0.2, 0.25) is 0 Å². The van der Waals surface area contributed by atoms with Crippen molar-refractivity contribution in [2.45, 2.75) is 123 Å². The molecule has 146 valence electrons. The summed E-state index contributed by atoms with van der Waals surface area (Å²) in [5, 5.41) is 0. The first kappa shape index (κ1) is 23.9. The SMILES string of the molecule is CCCCCCCCCCCCCCCCOC[C@H](CCC)OC. The molecule has 2 nitrogen and oxygen atoms in total. The van der Waals surface area contributed by atoms with Crippen molar-refractivity contribution in [3.8, 4) is 0 Å². The maximum atomic E-state index is 5.72. The molecule has 0 aliphatic heterocycles. The van der Waals surface area contributed by atoms with Gasteiger partial charge in [0, 0.05) is 13.7 Å². The Bertz CT molecular complexity index is 218. The Morgan fingerprint density at radius 1 is 0.583 bits per heavy atom. The van der Waals surface area contributed by atoms with Gasteiger partial charge in [0.15, 0.2) is 0 Å². The van der Waals surface area contributed by atoms with Crippen LogP contribution in [-0.4, -0.2) is 26.4 Å². The summed E-state index contributed by atoms with van der Waals surface area (Å²) in [5.74, 6) is 0. The summed E-state index contributed by atoms with van der Waals surface area (Å²) in [4.78, 5) is 0. The number of methoxy groups -OCH3 is 1. The van der Waals surface area contributed by atoms with Crippen LogP contribution in [0.5, 0.6) is 0 Å². The molecule has 0 aromatic rings. The van der Waals surface area contributed by atoms with Crippen LogP contribution in [0.25, 0.3) is 0 Å². The highest BCUT2D eigenvalue weighted by Gasteiger charge is 2.05. The smallest absolute Gasteiger partial charge is 0.0804 e. The summed E-state index contributed by atoms with van der Waals surface area (Å²) in [6.45, 7) is 6.15. The van der Waals surface area contributed by atoms with Gasteiger partial charge in [-0.25, -0.2) is 0 Å². The number of rotatable bonds is 20. The topological polar surface area (TPSA) is 18.5 Å². The second kappa shape index (κ2) is 21.0. The van der Waals surface area contributed by atoms with E-state index in [1.54, 1.807) is 7.11 Å². The Morgan fingerprint density at radius 3 is 1.46 bits per heavy atom. The molecule has 0 heterocycles. The van der Waals surface area contributed by atoms with E-state index in [1.807, 2.05) is 0 Å². The Hall–Kier alpha value is -0.0800. The van der Waals surface area contributed by atoms with E-state index in [1.165, 1.54) is 96.3 Å². The summed E-state index contributed by atoms with van der Waals surface area (Å²) >= 11 is 0. The normalized spacial score (nSPS) is 12.6. The van der Waals surface area contributed by atoms with E-state index in [4.69, 9.17) is 9.47 Å². The monoisotopic (exact) mass is 342 g/mol. The first-order valence-corrected chi connectivity index (χ1v) is 11.0. The van der Waals surface area contributed by atoms with Crippen LogP contribution in [0.4, 0.5) is 0 Å². The van der Waals surface area contributed by atoms with Crippen molar-refractivity contribution in [2.24, 2.45) is 0 Å². The molecule has 0 N–H and O–H groups in total. The molecule has 0 aromatic heterocycles. The summed E-state index contributed by atoms with van der Waals surface area (Å²) in [5.41, 5.74) is 0. The average molecular weight is 343 g/mol. The van der Waals surface area contributed by atoms with Gasteiger partial charge in [0.1, 0.15) is 0 Å². The number of hydrogen-bond acceptors (Lipinski definition) is 2. The van der Waals surface area contributed by atoms with Gasteiger partial charge in [-0.05, 0) is 12.8 Å². The maximum Gasteiger partial charge on any atom is 0.0804 e. The molecule has 0 spiro atoms. The molecule has 0 radical (unpaired) electrons. The summed E-state index contributed by atoms with van der Waals surface area (Å²) in [6, 6.07) is 0. The average Bonchev–Trinajstić information content (AvgIpc) is 2.60. The van der Waals surface area contributed by atoms with Crippen molar-refractivity contribution >= 4 is 0 Å². The van der Waals surface area contributed by atoms with Crippen molar-refractivity contribution < 1.29 is 9.47 Å². The molecule has 0 rings (SSSR count). The van der Waals surface area contributed by atoms with Crippen molar-refractivity contribution in [2.75, 3.05) is 20.3 Å². The fraction of sp³-hybridized carbons (Fsp3) is 1.00. The fourth-order valence-electron chi connectivity index (χ4n) is 3.20. The summed E-state index contributed by atoms with van der Waals surface area (Å²) < 4.78 is 11.1. The highest BCUT2D eigenvalue weighted by molar-refractivity contribution is 4.54. The molecular formula is C22H46O2. The highest BCUT2D eigenvalue weighted by Crippen LogP contribution is 2.13. The summed E-state index contributed by atoms with van der Waals surface area (Å²) in [7, 11) is 1.79. The molecule has 0 unspecified atom stereocenters. The molecule has 2 heteroatoms. The largest absolute Gasteiger partial charge is 0.379 e. The number of unbranched alkanes of at least 4 members (excludes halogenated alkanes) is 13. The molecule has 0 fully saturated rings. The van der Waals surface area contributed by atoms with Crippen LogP contribution in [0.15, 0.2) is 0 Å². The Labute approximate surface area is 153 Å². The minimum atomic E-state index is 0.293. The van der Waals surface area contributed by atoms with Gasteiger partial charge in [-0.1, -0.05) is 104 Å². The Balaban J connectivity index is 3.07. The third-order valence-electron chi connectivity index (χ3n) is 4.89. The first-order chi connectivity index (χ1) is 11.8. The van der Waals surface area contributed by atoms with Crippen molar-refractivity contribution in [3.05, 3.63) is 0 Å². The van der Waals surface area contributed by atoms with Crippen LogP contribution in [0.2, 0.25) is 0 Å². The lowest BCUT2D eigenvalue weighted by molar-refractivity contribution is 0.00307. The van der Waals surface area contributed by atoms with Crippen LogP contribution in [-0.2, 0) is 9.47 Å². The van der Waals surface area contributed by atoms with Crippen LogP contribution in [0.1, 0.15) is 117 Å². The van der Waals surface area contributed by atoms with Crippen LogP contribution in [0.3, 0.4) is 0 Å². The van der Waals surface area contributed by atoms with Gasteiger partial charge in [0.05, 0.1) is 12.7 Å². The van der Waals surface area contributed by atoms with Gasteiger partial charge in [-0.2, -0.15) is 0 Å². The van der Waals surface area contributed by atoms with E-state index < -0.39 is 0 Å². The van der Waals surface area contributed by atoms with E-state index in [2.05, 4.69) is 13.8 Å². The van der Waals surface area contributed by atoms with Gasteiger partial charge in [-0.15, -0.1) is 0 Å². The van der Waals surface area contributed by atoms with Crippen LogP contribution >= 0.6 is 0 Å². The third-order valence-corrected chi connectivity index (χ3v) is 4.89. The standard InChI is InChI=1S/C22H46O2/c1-4-6-7-8-9-10-11-12-13-14-15-16-17-18-20-24-21-22(23-3)19-5-2/h22H,4-21H2,1-3H3/t22-/m0/s1. The van der Waals surface area contributed by atoms with Gasteiger partial charge in [-0.3, -0.25) is 0 Å². The maximum absolute atomic E-state index is 5.72. The zero-order chi connectivity index (χ0) is 17.7. The third kappa shape index (κ3) is 18.3. The first-order valence-electron chi connectivity index (χ1n) is 11.0. The minimum absolute atomic E-state index is 0.293. The van der Waals surface area contributed by atoms with Crippen LogP contribution in [0, 0.1) is 0 Å². The predicted molar refractivity (Wildman–Crippen MR) is 107 cm³/mol. The second-order valence-electron chi connectivity index (χ2n) is 7.32. The van der Waals surface area contributed by atoms with Gasteiger partial charge < -0.3 is 9.47 Å². The van der Waals surface area contributed by atoms with Crippen molar-refractivity contribution in [1.29, 1.82) is 0 Å². The van der Waals surface area contributed by atoms with E-state index >= 15 is 0 Å². The van der Waals surface area contributed by atoms with Crippen molar-refractivity contribution in [1.82, 2.24) is 0 Å². The quantitative estimate of drug-likeness (QED) is 0.216. The van der Waals surface area contributed by atoms with E-state index in [9.17, 15) is 0 Å². The Morgan fingerprint density at radius 2 is 1.04 bits per heavy atom. The number of hydrogen-bond donors (Lipinski definition) is 0. The molecule has 24 heavy (non-hydrogen) atoms. The molecule has 0 aliphatic carbocycles. The zero-order valence-corrected chi connectivity index (χ0v) is 17.1. The highest BCUT2D eigenvalue weighted by atomic mass is 16.5. The molecule has 1 atom stereocenters. The van der Waals surface area contributed by atoms with Gasteiger partial charge >= 0.3 is 0 Å². The van der Waals surface area contributed by atoms with E-state index in [0.717, 1.165) is 19.6 Å². The molecule has 0 aliphatic rings. The van der Waals surface area contributed by atoms with Crippen LogP contribution < -0.4 is 0 Å². The predicted octanol–water partition coefficient (Wildman–Crippen LogP) is 7.30. The molecule has 0 aromatic carbocycles. The van der Waals surface area contributed by atoms with Crippen molar-refractivity contribution in [3.63, 3.8) is 0 Å². The molecule has 0 bridgehead atoms. The lowest BCUT2D eigenvalue weighted by Gasteiger charge is -2.14. The molecule has 0 saturated carbocycles. The van der Waals surface area contributed by atoms with E-state index in [-0.39, 0.29) is 0 Å². The molecular weight excluding hydrogens is 296 g/mol. The lowest BCUT2D eigenvalue weighted by atomic mass is 10.0. The Kier molecular flexibility index (Phi) is 20.9. The summed E-state index contributed by atoms with van der Waals surface area (Å²) in [6.07, 6.45) is 22.3.